The van der Waals surface area contributed by atoms with Crippen molar-refractivity contribution in [3.63, 3.8) is 0 Å². The normalized spacial score (nSPS) is 23.0. The topological polar surface area (TPSA) is 77.6 Å². The molecule has 4 rings (SSSR count). The van der Waals surface area contributed by atoms with Crippen molar-refractivity contribution in [2.24, 2.45) is 4.99 Å². The molecule has 2 aromatic rings. The van der Waals surface area contributed by atoms with Crippen LogP contribution in [0, 0.1) is 11.3 Å². The van der Waals surface area contributed by atoms with Crippen molar-refractivity contribution >= 4 is 5.71 Å². The first-order valence-corrected chi connectivity index (χ1v) is 8.84. The summed E-state index contributed by atoms with van der Waals surface area (Å²) < 4.78 is 5.97. The van der Waals surface area contributed by atoms with Crippen LogP contribution in [0.15, 0.2) is 60.1 Å². The van der Waals surface area contributed by atoms with E-state index in [1.165, 1.54) is 6.33 Å². The van der Waals surface area contributed by atoms with E-state index in [1.54, 1.807) is 6.20 Å². The van der Waals surface area contributed by atoms with Crippen LogP contribution in [0.2, 0.25) is 0 Å². The molecule has 2 aliphatic heterocycles. The molecule has 7 heteroatoms. The highest BCUT2D eigenvalue weighted by atomic mass is 16.5. The average Bonchev–Trinajstić information content (AvgIpc) is 2.75. The Bertz CT molecular complexity index is 904. The number of benzene rings is 1. The van der Waals surface area contributed by atoms with Gasteiger partial charge in [0.15, 0.2) is 6.29 Å². The molecule has 27 heavy (non-hydrogen) atoms. The molecule has 0 N–H and O–H groups in total. The third-order valence-electron chi connectivity index (χ3n) is 4.74. The summed E-state index contributed by atoms with van der Waals surface area (Å²) in [5.74, 6) is 0. The summed E-state index contributed by atoms with van der Waals surface area (Å²) in [6.07, 6.45) is 7.04. The number of rotatable bonds is 3. The molecular formula is C20H20N6O. The second kappa shape index (κ2) is 7.66. The third-order valence-corrected chi connectivity index (χ3v) is 4.74. The monoisotopic (exact) mass is 360 g/mol. The van der Waals surface area contributed by atoms with Crippen molar-refractivity contribution in [2.45, 2.75) is 12.4 Å². The number of allylic oxidation sites excluding steroid dienone is 1. The van der Waals surface area contributed by atoms with Gasteiger partial charge in [0.1, 0.15) is 6.33 Å². The van der Waals surface area contributed by atoms with E-state index in [0.717, 1.165) is 23.5 Å². The van der Waals surface area contributed by atoms with Gasteiger partial charge >= 0.3 is 0 Å². The Kier molecular flexibility index (Phi) is 4.92. The van der Waals surface area contributed by atoms with Gasteiger partial charge < -0.3 is 9.64 Å². The predicted molar refractivity (Wildman–Crippen MR) is 101 cm³/mol. The molecule has 3 heterocycles. The molecule has 0 aliphatic carbocycles. The lowest BCUT2D eigenvalue weighted by atomic mass is 10.0. The first-order chi connectivity index (χ1) is 13.2. The van der Waals surface area contributed by atoms with Crippen molar-refractivity contribution < 1.29 is 4.74 Å². The molecule has 0 radical (unpaired) electrons. The van der Waals surface area contributed by atoms with E-state index in [4.69, 9.17) is 15.0 Å². The van der Waals surface area contributed by atoms with Gasteiger partial charge in [-0.2, -0.15) is 5.26 Å². The second-order valence-electron chi connectivity index (χ2n) is 6.53. The van der Waals surface area contributed by atoms with Crippen LogP contribution >= 0.6 is 0 Å². The van der Waals surface area contributed by atoms with Crippen LogP contribution in [-0.4, -0.2) is 58.5 Å². The van der Waals surface area contributed by atoms with E-state index in [0.29, 0.717) is 18.7 Å². The van der Waals surface area contributed by atoms with Crippen molar-refractivity contribution in [3.05, 3.63) is 72.0 Å². The van der Waals surface area contributed by atoms with E-state index >= 15 is 0 Å². The van der Waals surface area contributed by atoms with Gasteiger partial charge in [0, 0.05) is 32.5 Å². The number of nitrogens with zero attached hydrogens (tertiary/aromatic N) is 6. The summed E-state index contributed by atoms with van der Waals surface area (Å²) in [5, 5.41) is 9.14. The number of hydrogen-bond acceptors (Lipinski definition) is 7. The molecule has 1 saturated heterocycles. The second-order valence-corrected chi connectivity index (χ2v) is 6.53. The van der Waals surface area contributed by atoms with Gasteiger partial charge in [-0.3, -0.25) is 4.90 Å². The fourth-order valence-corrected chi connectivity index (χ4v) is 3.35. The summed E-state index contributed by atoms with van der Waals surface area (Å²) in [4.78, 5) is 17.5. The van der Waals surface area contributed by atoms with Crippen LogP contribution in [0.25, 0.3) is 0 Å². The first kappa shape index (κ1) is 17.3. The fraction of sp³-hybridized carbons (Fsp3) is 0.300. The smallest absolute Gasteiger partial charge is 0.178 e. The lowest BCUT2D eigenvalue weighted by Crippen LogP contribution is -2.50. The van der Waals surface area contributed by atoms with Crippen molar-refractivity contribution in [2.75, 3.05) is 26.7 Å². The summed E-state index contributed by atoms with van der Waals surface area (Å²) >= 11 is 0. The minimum absolute atomic E-state index is 0.0796. The highest BCUT2D eigenvalue weighted by molar-refractivity contribution is 6.07. The molecule has 1 unspecified atom stereocenters. The minimum atomic E-state index is -0.120. The highest BCUT2D eigenvalue weighted by Gasteiger charge is 2.30. The maximum Gasteiger partial charge on any atom is 0.178 e. The Morgan fingerprint density at radius 2 is 2.22 bits per heavy atom. The standard InChI is InChI=1S/C20H20N6O/c1-25-8-6-18(17-5-7-22-14-23-17)24-20(25)26-9-10-27-19(13-26)16-4-2-3-15(11-16)12-21/h2-8,11,14,19-20H,9-10,13H2,1H3/t19?,20-/m1/s1. The molecule has 2 atom stereocenters. The Morgan fingerprint density at radius 1 is 1.30 bits per heavy atom. The molecule has 7 nitrogen and oxygen atoms in total. The van der Waals surface area contributed by atoms with Gasteiger partial charge in [-0.05, 0) is 29.8 Å². The highest BCUT2D eigenvalue weighted by Crippen LogP contribution is 2.26. The Morgan fingerprint density at radius 3 is 3.04 bits per heavy atom. The maximum atomic E-state index is 9.14. The fourth-order valence-electron chi connectivity index (χ4n) is 3.35. The molecule has 1 aromatic carbocycles. The van der Waals surface area contributed by atoms with Crippen LogP contribution in [0.4, 0.5) is 0 Å². The number of aromatic nitrogens is 2. The largest absolute Gasteiger partial charge is 0.371 e. The molecule has 1 fully saturated rings. The first-order valence-electron chi connectivity index (χ1n) is 8.84. The summed E-state index contributed by atoms with van der Waals surface area (Å²) in [6.45, 7) is 2.12. The Hall–Kier alpha value is -3.08. The van der Waals surface area contributed by atoms with Gasteiger partial charge in [-0.15, -0.1) is 0 Å². The molecule has 2 aliphatic rings. The molecule has 0 spiro atoms. The number of nitriles is 1. The lowest BCUT2D eigenvalue weighted by molar-refractivity contribution is -0.0633. The number of aliphatic imine (C=N–C) groups is 1. The predicted octanol–water partition coefficient (Wildman–Crippen LogP) is 1.95. The van der Waals surface area contributed by atoms with E-state index < -0.39 is 0 Å². The van der Waals surface area contributed by atoms with Crippen molar-refractivity contribution in [3.8, 4) is 6.07 Å². The van der Waals surface area contributed by atoms with E-state index in [-0.39, 0.29) is 12.4 Å². The zero-order valence-corrected chi connectivity index (χ0v) is 15.1. The van der Waals surface area contributed by atoms with Crippen molar-refractivity contribution in [1.82, 2.24) is 19.8 Å². The van der Waals surface area contributed by atoms with E-state index in [1.807, 2.05) is 49.7 Å². The lowest BCUT2D eigenvalue weighted by Gasteiger charge is -2.41. The minimum Gasteiger partial charge on any atom is -0.371 e. The molecule has 1 aromatic heterocycles. The number of morpholine rings is 1. The SMILES string of the molecule is CN1C=CC(c2ccncn2)=N[C@H]1N1CCOC(c2cccc(C#N)c2)C1. The Labute approximate surface area is 158 Å². The van der Waals surface area contributed by atoms with Crippen LogP contribution in [0.3, 0.4) is 0 Å². The van der Waals surface area contributed by atoms with Gasteiger partial charge in [0.05, 0.1) is 35.7 Å². The van der Waals surface area contributed by atoms with Crippen LogP contribution in [0.5, 0.6) is 0 Å². The van der Waals surface area contributed by atoms with Gasteiger partial charge in [0.2, 0.25) is 0 Å². The van der Waals surface area contributed by atoms with Gasteiger partial charge in [0.25, 0.3) is 0 Å². The molecule has 0 saturated carbocycles. The zero-order valence-electron chi connectivity index (χ0n) is 15.1. The van der Waals surface area contributed by atoms with E-state index in [2.05, 4.69) is 25.8 Å². The average molecular weight is 360 g/mol. The maximum absolute atomic E-state index is 9.14. The quantitative estimate of drug-likeness (QED) is 0.833. The van der Waals surface area contributed by atoms with Crippen LogP contribution < -0.4 is 0 Å². The van der Waals surface area contributed by atoms with Crippen LogP contribution in [-0.2, 0) is 4.74 Å². The summed E-state index contributed by atoms with van der Waals surface area (Å²) in [6, 6.07) is 11.7. The molecule has 136 valence electrons. The molecular weight excluding hydrogens is 340 g/mol. The van der Waals surface area contributed by atoms with Crippen LogP contribution in [0.1, 0.15) is 22.9 Å². The van der Waals surface area contributed by atoms with Gasteiger partial charge in [-0.1, -0.05) is 12.1 Å². The molecule has 0 bridgehead atoms. The van der Waals surface area contributed by atoms with Crippen molar-refractivity contribution in [1.29, 1.82) is 5.26 Å². The summed E-state index contributed by atoms with van der Waals surface area (Å²) in [5.41, 5.74) is 3.32. The molecule has 0 amide bonds. The third kappa shape index (κ3) is 3.72. The number of hydrogen-bond donors (Lipinski definition) is 0. The summed E-state index contributed by atoms with van der Waals surface area (Å²) in [7, 11) is 2.02. The Balaban J connectivity index is 1.56. The number of ether oxygens (including phenoxy) is 1. The van der Waals surface area contributed by atoms with E-state index in [9.17, 15) is 0 Å². The zero-order chi connectivity index (χ0) is 18.6. The van der Waals surface area contributed by atoms with Gasteiger partial charge in [-0.25, -0.2) is 15.0 Å².